The highest BCUT2D eigenvalue weighted by molar-refractivity contribution is 6.29. The largest absolute Gasteiger partial charge is 0.496 e. The van der Waals surface area contributed by atoms with E-state index in [4.69, 9.17) is 21.6 Å². The highest BCUT2D eigenvalue weighted by atomic mass is 35.5. The van der Waals surface area contributed by atoms with Gasteiger partial charge < -0.3 is 4.74 Å². The van der Waals surface area contributed by atoms with E-state index in [0.717, 1.165) is 6.07 Å². The van der Waals surface area contributed by atoms with Gasteiger partial charge in [-0.05, 0) is 18.2 Å². The lowest BCUT2D eigenvalue weighted by molar-refractivity contribution is -0.384. The topological polar surface area (TPSA) is 89.0 Å². The quantitative estimate of drug-likeness (QED) is 0.492. The van der Waals surface area contributed by atoms with Gasteiger partial charge in [-0.1, -0.05) is 11.6 Å². The lowest BCUT2D eigenvalue weighted by Crippen LogP contribution is -1.94. The molecule has 0 atom stereocenters. The van der Waals surface area contributed by atoms with E-state index in [1.54, 1.807) is 18.2 Å². The van der Waals surface area contributed by atoms with E-state index in [0.29, 0.717) is 16.9 Å². The molecular formula is C13H8ClN3O3. The molecule has 0 amide bonds. The molecule has 0 N–H and O–H groups in total. The number of hydrogen-bond donors (Lipinski definition) is 0. The Kier molecular flexibility index (Phi) is 3.82. The van der Waals surface area contributed by atoms with Gasteiger partial charge in [-0.15, -0.1) is 0 Å². The van der Waals surface area contributed by atoms with Gasteiger partial charge in [0, 0.05) is 11.6 Å². The predicted octanol–water partition coefficient (Wildman–Crippen LogP) is 3.19. The molecule has 20 heavy (non-hydrogen) atoms. The van der Waals surface area contributed by atoms with E-state index < -0.39 is 4.92 Å². The van der Waals surface area contributed by atoms with E-state index in [1.807, 2.05) is 6.07 Å². The Morgan fingerprint density at radius 2 is 2.15 bits per heavy atom. The molecule has 0 unspecified atom stereocenters. The molecule has 0 aliphatic rings. The molecule has 2 aromatic rings. The number of rotatable bonds is 3. The van der Waals surface area contributed by atoms with Crippen LogP contribution in [-0.4, -0.2) is 17.0 Å². The summed E-state index contributed by atoms with van der Waals surface area (Å²) in [5, 5.41) is 19.8. The van der Waals surface area contributed by atoms with Gasteiger partial charge in [0.05, 0.1) is 35.4 Å². The summed E-state index contributed by atoms with van der Waals surface area (Å²) in [6.07, 6.45) is 0. The molecule has 0 saturated carbocycles. The Morgan fingerprint density at radius 3 is 2.75 bits per heavy atom. The molecule has 1 aromatic carbocycles. The van der Waals surface area contributed by atoms with Crippen molar-refractivity contribution in [3.05, 3.63) is 51.2 Å². The minimum Gasteiger partial charge on any atom is -0.496 e. The monoisotopic (exact) mass is 289 g/mol. The first-order valence-corrected chi connectivity index (χ1v) is 5.83. The van der Waals surface area contributed by atoms with Crippen LogP contribution in [0.5, 0.6) is 5.75 Å². The van der Waals surface area contributed by atoms with Crippen LogP contribution >= 0.6 is 11.6 Å². The number of nitro groups is 1. The number of nitriles is 1. The second-order valence-electron chi connectivity index (χ2n) is 3.82. The second kappa shape index (κ2) is 5.55. The molecule has 1 heterocycles. The number of halogens is 1. The zero-order chi connectivity index (χ0) is 14.7. The van der Waals surface area contributed by atoms with E-state index in [9.17, 15) is 10.1 Å². The van der Waals surface area contributed by atoms with Crippen LogP contribution in [0.3, 0.4) is 0 Å². The molecular weight excluding hydrogens is 282 g/mol. The maximum absolute atomic E-state index is 10.8. The minimum atomic E-state index is -0.558. The number of benzene rings is 1. The fourth-order valence-corrected chi connectivity index (χ4v) is 1.91. The summed E-state index contributed by atoms with van der Waals surface area (Å²) in [5.74, 6) is 0.452. The summed E-state index contributed by atoms with van der Waals surface area (Å²) in [4.78, 5) is 14.3. The van der Waals surface area contributed by atoms with Crippen LogP contribution < -0.4 is 4.74 Å². The van der Waals surface area contributed by atoms with Crippen LogP contribution in [0.1, 0.15) is 5.56 Å². The summed E-state index contributed by atoms with van der Waals surface area (Å²) in [6.45, 7) is 0. The van der Waals surface area contributed by atoms with Gasteiger partial charge >= 0.3 is 0 Å². The molecule has 0 radical (unpaired) electrons. The van der Waals surface area contributed by atoms with Crippen molar-refractivity contribution in [1.29, 1.82) is 5.26 Å². The molecule has 0 aliphatic carbocycles. The molecule has 0 saturated heterocycles. The lowest BCUT2D eigenvalue weighted by atomic mass is 10.1. The van der Waals surface area contributed by atoms with Crippen molar-refractivity contribution in [1.82, 2.24) is 4.98 Å². The Balaban J connectivity index is 2.67. The summed E-state index contributed by atoms with van der Waals surface area (Å²) in [6, 6.07) is 9.16. The van der Waals surface area contributed by atoms with Crippen LogP contribution in [0.15, 0.2) is 30.3 Å². The zero-order valence-corrected chi connectivity index (χ0v) is 11.1. The molecule has 100 valence electrons. The summed E-state index contributed by atoms with van der Waals surface area (Å²) >= 11 is 5.79. The third-order valence-electron chi connectivity index (χ3n) is 2.59. The van der Waals surface area contributed by atoms with Crippen molar-refractivity contribution in [2.75, 3.05) is 7.11 Å². The van der Waals surface area contributed by atoms with E-state index in [-0.39, 0.29) is 16.5 Å². The van der Waals surface area contributed by atoms with Gasteiger partial charge in [-0.25, -0.2) is 4.98 Å². The van der Waals surface area contributed by atoms with E-state index >= 15 is 0 Å². The molecule has 0 fully saturated rings. The Morgan fingerprint density at radius 1 is 1.40 bits per heavy atom. The van der Waals surface area contributed by atoms with Crippen LogP contribution in [0.25, 0.3) is 11.3 Å². The molecule has 0 aliphatic heterocycles. The number of nitrogens with zero attached hydrogens (tertiary/aromatic N) is 3. The molecule has 0 spiro atoms. The smallest absolute Gasteiger partial charge is 0.274 e. The van der Waals surface area contributed by atoms with Crippen LogP contribution in [0.4, 0.5) is 5.69 Å². The zero-order valence-electron chi connectivity index (χ0n) is 10.3. The number of ether oxygens (including phenoxy) is 1. The second-order valence-corrected chi connectivity index (χ2v) is 4.20. The normalized spacial score (nSPS) is 9.85. The summed E-state index contributed by atoms with van der Waals surface area (Å²) < 4.78 is 5.18. The van der Waals surface area contributed by atoms with Gasteiger partial charge in [0.15, 0.2) is 0 Å². The summed E-state index contributed by atoms with van der Waals surface area (Å²) in [7, 11) is 1.46. The summed E-state index contributed by atoms with van der Waals surface area (Å²) in [5.41, 5.74) is 0.963. The van der Waals surface area contributed by atoms with Gasteiger partial charge in [0.25, 0.3) is 5.69 Å². The molecule has 1 aromatic heterocycles. The van der Waals surface area contributed by atoms with Crippen LogP contribution in [0.2, 0.25) is 5.15 Å². The SMILES string of the molecule is COc1ccc(C#N)cc1-c1cc([N+](=O)[O-])cc(Cl)n1. The molecule has 7 heteroatoms. The van der Waals surface area contributed by atoms with Gasteiger partial charge in [-0.3, -0.25) is 10.1 Å². The number of hydrogen-bond acceptors (Lipinski definition) is 5. The number of pyridine rings is 1. The standard InChI is InChI=1S/C13H8ClN3O3/c1-20-12-3-2-8(7-15)4-10(12)11-5-9(17(18)19)6-13(14)16-11/h2-6H,1H3. The fourth-order valence-electron chi connectivity index (χ4n) is 1.70. The first-order valence-electron chi connectivity index (χ1n) is 5.45. The predicted molar refractivity (Wildman–Crippen MR) is 72.6 cm³/mol. The number of aromatic nitrogens is 1. The van der Waals surface area contributed by atoms with E-state index in [2.05, 4.69) is 4.98 Å². The molecule has 2 rings (SSSR count). The highest BCUT2D eigenvalue weighted by Crippen LogP contribution is 2.32. The highest BCUT2D eigenvalue weighted by Gasteiger charge is 2.15. The average molecular weight is 290 g/mol. The average Bonchev–Trinajstić information content (AvgIpc) is 2.45. The molecule has 6 nitrogen and oxygen atoms in total. The van der Waals surface area contributed by atoms with Crippen molar-refractivity contribution in [3.63, 3.8) is 0 Å². The fraction of sp³-hybridized carbons (Fsp3) is 0.0769. The maximum atomic E-state index is 10.8. The van der Waals surface area contributed by atoms with Gasteiger partial charge in [0.1, 0.15) is 10.9 Å². The van der Waals surface area contributed by atoms with Gasteiger partial charge in [-0.2, -0.15) is 5.26 Å². The van der Waals surface area contributed by atoms with Crippen LogP contribution in [-0.2, 0) is 0 Å². The minimum absolute atomic E-state index is 0.00128. The van der Waals surface area contributed by atoms with Crippen molar-refractivity contribution < 1.29 is 9.66 Å². The Bertz CT molecular complexity index is 725. The van der Waals surface area contributed by atoms with Crippen molar-refractivity contribution in [2.45, 2.75) is 0 Å². The molecule has 0 bridgehead atoms. The maximum Gasteiger partial charge on any atom is 0.274 e. The Labute approximate surface area is 119 Å². The third kappa shape index (κ3) is 2.68. The third-order valence-corrected chi connectivity index (χ3v) is 2.79. The first kappa shape index (κ1) is 13.8. The first-order chi connectivity index (χ1) is 9.55. The van der Waals surface area contributed by atoms with Crippen molar-refractivity contribution >= 4 is 17.3 Å². The number of methoxy groups -OCH3 is 1. The van der Waals surface area contributed by atoms with E-state index in [1.165, 1.54) is 13.2 Å². The van der Waals surface area contributed by atoms with Crippen LogP contribution in [0, 0.1) is 21.4 Å². The Hall–Kier alpha value is -2.65. The van der Waals surface area contributed by atoms with Crippen molar-refractivity contribution in [3.8, 4) is 23.1 Å². The lowest BCUT2D eigenvalue weighted by Gasteiger charge is -2.08. The van der Waals surface area contributed by atoms with Crippen molar-refractivity contribution in [2.24, 2.45) is 0 Å². The van der Waals surface area contributed by atoms with Gasteiger partial charge in [0.2, 0.25) is 0 Å².